The van der Waals surface area contributed by atoms with E-state index in [0.29, 0.717) is 19.4 Å². The van der Waals surface area contributed by atoms with Crippen molar-refractivity contribution < 1.29 is 16.8 Å². The lowest BCUT2D eigenvalue weighted by Gasteiger charge is -2.31. The molecule has 0 saturated carbocycles. The van der Waals surface area contributed by atoms with E-state index in [1.807, 2.05) is 13.0 Å². The molecule has 2 rings (SSSR count). The van der Waals surface area contributed by atoms with E-state index in [-0.39, 0.29) is 17.5 Å². The highest BCUT2D eigenvalue weighted by Crippen LogP contribution is 2.17. The van der Waals surface area contributed by atoms with E-state index in [1.165, 1.54) is 10.4 Å². The molecule has 8 heteroatoms. The van der Waals surface area contributed by atoms with Gasteiger partial charge in [-0.1, -0.05) is 12.1 Å². The molecule has 1 N–H and O–H groups in total. The second kappa shape index (κ2) is 6.04. The molecule has 21 heavy (non-hydrogen) atoms. The Bertz CT molecular complexity index is 713. The van der Waals surface area contributed by atoms with Crippen molar-refractivity contribution in [2.24, 2.45) is 0 Å². The standard InChI is InChI=1S/C13H20N2O4S2/c1-11-5-3-7-13(9-11)21(18,19)14-12-6-4-8-15(10-12)20(2,16)17/h3,5,7,9,12,14H,4,6,8,10H2,1-2H3. The Balaban J connectivity index is 2.14. The van der Waals surface area contributed by atoms with Gasteiger partial charge in [0.1, 0.15) is 0 Å². The monoisotopic (exact) mass is 332 g/mol. The van der Waals surface area contributed by atoms with Crippen molar-refractivity contribution in [2.45, 2.75) is 30.7 Å². The molecule has 1 aromatic rings. The summed E-state index contributed by atoms with van der Waals surface area (Å²) in [5, 5.41) is 0. The Morgan fingerprint density at radius 2 is 1.95 bits per heavy atom. The summed E-state index contributed by atoms with van der Waals surface area (Å²) in [6, 6.07) is 6.25. The molecule has 0 aliphatic carbocycles. The molecular formula is C13H20N2O4S2. The van der Waals surface area contributed by atoms with E-state index < -0.39 is 20.0 Å². The van der Waals surface area contributed by atoms with Crippen LogP contribution in [0.4, 0.5) is 0 Å². The first-order valence-electron chi connectivity index (χ1n) is 6.72. The number of piperidine rings is 1. The van der Waals surface area contributed by atoms with Crippen molar-refractivity contribution in [2.75, 3.05) is 19.3 Å². The van der Waals surface area contributed by atoms with Crippen molar-refractivity contribution in [1.29, 1.82) is 0 Å². The minimum Gasteiger partial charge on any atom is -0.213 e. The minimum atomic E-state index is -3.62. The second-order valence-corrected chi connectivity index (χ2v) is 9.09. The highest BCUT2D eigenvalue weighted by atomic mass is 32.2. The first kappa shape index (κ1) is 16.4. The molecule has 1 aliphatic heterocycles. The van der Waals surface area contributed by atoms with Crippen LogP contribution in [0.1, 0.15) is 18.4 Å². The lowest BCUT2D eigenvalue weighted by Crippen LogP contribution is -2.49. The number of benzene rings is 1. The predicted octanol–water partition coefficient (Wildman–Crippen LogP) is 0.697. The number of hydrogen-bond acceptors (Lipinski definition) is 4. The topological polar surface area (TPSA) is 83.6 Å². The van der Waals surface area contributed by atoms with Crippen LogP contribution < -0.4 is 4.72 Å². The van der Waals surface area contributed by atoms with Crippen LogP contribution >= 0.6 is 0 Å². The van der Waals surface area contributed by atoms with E-state index in [0.717, 1.165) is 11.8 Å². The van der Waals surface area contributed by atoms with Crippen LogP contribution in [-0.2, 0) is 20.0 Å². The van der Waals surface area contributed by atoms with Gasteiger partial charge in [0.25, 0.3) is 0 Å². The van der Waals surface area contributed by atoms with Crippen LogP contribution in [0, 0.1) is 6.92 Å². The minimum absolute atomic E-state index is 0.184. The summed E-state index contributed by atoms with van der Waals surface area (Å²) in [4.78, 5) is 0.207. The summed E-state index contributed by atoms with van der Waals surface area (Å²) in [7, 11) is -6.91. The molecule has 1 fully saturated rings. The summed E-state index contributed by atoms with van der Waals surface area (Å²) < 4.78 is 51.7. The summed E-state index contributed by atoms with van der Waals surface area (Å²) in [6.45, 7) is 2.45. The third-order valence-electron chi connectivity index (χ3n) is 3.47. The molecule has 1 aromatic carbocycles. The first-order valence-corrected chi connectivity index (χ1v) is 10.1. The molecule has 0 aromatic heterocycles. The fraction of sp³-hybridized carbons (Fsp3) is 0.538. The largest absolute Gasteiger partial charge is 0.240 e. The van der Waals surface area contributed by atoms with E-state index in [4.69, 9.17) is 0 Å². The smallest absolute Gasteiger partial charge is 0.213 e. The SMILES string of the molecule is Cc1cccc(S(=O)(=O)NC2CCCN(S(C)(=O)=O)C2)c1. The van der Waals surface area contributed by atoms with Crippen LogP contribution in [0.15, 0.2) is 29.2 Å². The van der Waals surface area contributed by atoms with Crippen LogP contribution in [0.3, 0.4) is 0 Å². The van der Waals surface area contributed by atoms with Gasteiger partial charge in [-0.05, 0) is 37.5 Å². The van der Waals surface area contributed by atoms with Crippen LogP contribution in [0.5, 0.6) is 0 Å². The van der Waals surface area contributed by atoms with E-state index in [9.17, 15) is 16.8 Å². The molecule has 1 unspecified atom stereocenters. The average molecular weight is 332 g/mol. The lowest BCUT2D eigenvalue weighted by molar-refractivity contribution is 0.305. The predicted molar refractivity (Wildman–Crippen MR) is 80.9 cm³/mol. The normalized spacial score (nSPS) is 21.3. The van der Waals surface area contributed by atoms with Gasteiger partial charge in [-0.25, -0.2) is 25.9 Å². The zero-order chi connectivity index (χ0) is 15.7. The third-order valence-corrected chi connectivity index (χ3v) is 6.26. The molecule has 0 radical (unpaired) electrons. The molecule has 6 nitrogen and oxygen atoms in total. The van der Waals surface area contributed by atoms with Crippen LogP contribution in [0.2, 0.25) is 0 Å². The number of rotatable bonds is 4. The van der Waals surface area contributed by atoms with Crippen LogP contribution in [0.25, 0.3) is 0 Å². The molecular weight excluding hydrogens is 312 g/mol. The molecule has 0 bridgehead atoms. The molecule has 0 amide bonds. The quantitative estimate of drug-likeness (QED) is 0.879. The Morgan fingerprint density at radius 1 is 1.24 bits per heavy atom. The summed E-state index contributed by atoms with van der Waals surface area (Å²) in [5.74, 6) is 0. The summed E-state index contributed by atoms with van der Waals surface area (Å²) in [6.07, 6.45) is 2.43. The summed E-state index contributed by atoms with van der Waals surface area (Å²) >= 11 is 0. The van der Waals surface area contributed by atoms with Gasteiger partial charge in [-0.2, -0.15) is 0 Å². The van der Waals surface area contributed by atoms with Crippen molar-refractivity contribution in [1.82, 2.24) is 9.03 Å². The highest BCUT2D eigenvalue weighted by molar-refractivity contribution is 7.89. The Morgan fingerprint density at radius 3 is 2.57 bits per heavy atom. The van der Waals surface area contributed by atoms with Gasteiger partial charge >= 0.3 is 0 Å². The van der Waals surface area contributed by atoms with Gasteiger partial charge in [0, 0.05) is 19.1 Å². The first-order chi connectivity index (χ1) is 9.68. The van der Waals surface area contributed by atoms with E-state index >= 15 is 0 Å². The Kier molecular flexibility index (Phi) is 4.72. The number of nitrogens with one attached hydrogen (secondary N) is 1. The average Bonchev–Trinajstić information content (AvgIpc) is 2.37. The Hall–Kier alpha value is -0.960. The maximum absolute atomic E-state index is 12.3. The highest BCUT2D eigenvalue weighted by Gasteiger charge is 2.29. The van der Waals surface area contributed by atoms with Crippen molar-refractivity contribution in [3.8, 4) is 0 Å². The van der Waals surface area contributed by atoms with Gasteiger partial charge < -0.3 is 0 Å². The van der Waals surface area contributed by atoms with Gasteiger partial charge in [-0.3, -0.25) is 0 Å². The van der Waals surface area contributed by atoms with Crippen molar-refractivity contribution in [3.63, 3.8) is 0 Å². The van der Waals surface area contributed by atoms with Crippen molar-refractivity contribution in [3.05, 3.63) is 29.8 Å². The van der Waals surface area contributed by atoms with Gasteiger partial charge in [-0.15, -0.1) is 0 Å². The second-order valence-electron chi connectivity index (χ2n) is 5.40. The van der Waals surface area contributed by atoms with E-state index in [2.05, 4.69) is 4.72 Å². The third kappa shape index (κ3) is 4.26. The molecule has 1 saturated heterocycles. The maximum atomic E-state index is 12.3. The van der Waals surface area contributed by atoms with Gasteiger partial charge in [0.2, 0.25) is 20.0 Å². The molecule has 118 valence electrons. The van der Waals surface area contributed by atoms with Crippen molar-refractivity contribution >= 4 is 20.0 Å². The molecule has 1 aliphatic rings. The zero-order valence-electron chi connectivity index (χ0n) is 12.1. The molecule has 0 spiro atoms. The number of aryl methyl sites for hydroxylation is 1. The number of nitrogens with zero attached hydrogens (tertiary/aromatic N) is 1. The van der Waals surface area contributed by atoms with Gasteiger partial charge in [0.15, 0.2) is 0 Å². The summed E-state index contributed by atoms with van der Waals surface area (Å²) in [5.41, 5.74) is 0.860. The molecule has 1 heterocycles. The van der Waals surface area contributed by atoms with E-state index in [1.54, 1.807) is 12.1 Å². The molecule has 1 atom stereocenters. The Labute approximate surface area is 126 Å². The van der Waals surface area contributed by atoms with Gasteiger partial charge in [0.05, 0.1) is 11.2 Å². The number of sulfonamides is 2. The maximum Gasteiger partial charge on any atom is 0.240 e. The van der Waals surface area contributed by atoms with Crippen LogP contribution in [-0.4, -0.2) is 46.5 Å². The lowest BCUT2D eigenvalue weighted by atomic mass is 10.1. The zero-order valence-corrected chi connectivity index (χ0v) is 13.7. The fourth-order valence-corrected chi connectivity index (χ4v) is 4.69. The number of hydrogen-bond donors (Lipinski definition) is 1. The fourth-order valence-electron chi connectivity index (χ4n) is 2.41.